The minimum atomic E-state index is -4.59. The number of hydrogen-bond acceptors (Lipinski definition) is 11. The van der Waals surface area contributed by atoms with E-state index in [2.05, 4.69) is 36.6 Å². The summed E-state index contributed by atoms with van der Waals surface area (Å²) < 4.78 is 47.7. The fourth-order valence-corrected chi connectivity index (χ4v) is 7.72. The van der Waals surface area contributed by atoms with Crippen LogP contribution in [0.1, 0.15) is 69.2 Å². The van der Waals surface area contributed by atoms with Gasteiger partial charge < -0.3 is 29.4 Å². The van der Waals surface area contributed by atoms with Crippen LogP contribution < -0.4 is 44.5 Å². The maximum absolute atomic E-state index is 14.0. The van der Waals surface area contributed by atoms with Crippen molar-refractivity contribution in [1.29, 1.82) is 0 Å². The van der Waals surface area contributed by atoms with Crippen LogP contribution in [-0.2, 0) is 15.7 Å². The Bertz CT molecular complexity index is 1880. The number of alkyl halides is 3. The molecule has 16 heteroatoms. The first-order valence-corrected chi connectivity index (χ1v) is 17.6. The number of hydrogen-bond donors (Lipinski definition) is 1. The summed E-state index contributed by atoms with van der Waals surface area (Å²) >= 11 is 0. The zero-order valence-corrected chi connectivity index (χ0v) is 32.2. The number of methoxy groups -OCH3 is 1. The molecular weight excluding hydrogens is 686 g/mol. The van der Waals surface area contributed by atoms with Gasteiger partial charge in [-0.2, -0.15) is 13.2 Å². The van der Waals surface area contributed by atoms with Crippen LogP contribution in [0.3, 0.4) is 0 Å². The molecule has 4 aromatic rings. The van der Waals surface area contributed by atoms with E-state index in [1.54, 1.807) is 25.6 Å². The molecule has 0 spiro atoms. The molecular formula is C36H43F3N9NaO3. The number of carbonyl (C=O) groups excluding carboxylic acids is 1. The molecule has 1 saturated heterocycles. The summed E-state index contributed by atoms with van der Waals surface area (Å²) in [6.07, 6.45) is 4.68. The number of anilines is 2. The van der Waals surface area contributed by atoms with Crippen molar-refractivity contribution in [3.63, 3.8) is 0 Å². The van der Waals surface area contributed by atoms with E-state index in [-0.39, 0.29) is 53.4 Å². The van der Waals surface area contributed by atoms with E-state index in [9.17, 15) is 23.1 Å². The number of halogens is 3. The topological polar surface area (TPSA) is 139 Å². The Labute approximate surface area is 322 Å². The Morgan fingerprint density at radius 2 is 1.85 bits per heavy atom. The Hall–Kier alpha value is -3.37. The molecule has 0 bridgehead atoms. The van der Waals surface area contributed by atoms with Crippen LogP contribution in [-0.4, -0.2) is 100 Å². The smallest absolute Gasteiger partial charge is 0.550 e. The molecule has 0 amide bonds. The quantitative estimate of drug-likeness (QED) is 0.213. The number of aromatic amines is 1. The molecule has 0 radical (unpaired) electrons. The first-order chi connectivity index (χ1) is 24.4. The molecule has 1 atom stereocenters. The normalized spacial score (nSPS) is 19.2. The standard InChI is InChI=1S/C36H44F3N9O3.Na/c1-22-19-48(13-12-47(22)11-8-31(49)50)30-18-40-27(17-41-30)33-44-32-28(46(2)20-35(21-51-3)9-4-5-10-35)16-26(43-34(32)45-33)24-14-25(23-6-7-23)42-29(15-24)36(37,38)39;/h14-18,22-23H,4-13,19-21H2,1-3H3,(H,49,50)(H,43,44,45);/q;+1/p-1/t22-;/m0./s1. The summed E-state index contributed by atoms with van der Waals surface area (Å²) in [4.78, 5) is 43.7. The molecule has 1 aliphatic heterocycles. The molecule has 3 aliphatic rings. The number of ether oxygens (including phenoxy) is 1. The van der Waals surface area contributed by atoms with Crippen LogP contribution in [0.25, 0.3) is 33.9 Å². The summed E-state index contributed by atoms with van der Waals surface area (Å²) in [5, 5.41) is 10.9. The van der Waals surface area contributed by atoms with Gasteiger partial charge in [-0.3, -0.25) is 4.90 Å². The Kier molecular flexibility index (Phi) is 11.5. The summed E-state index contributed by atoms with van der Waals surface area (Å²) in [5.74, 6) is 0.113. The van der Waals surface area contributed by atoms with Crippen molar-refractivity contribution in [2.75, 3.05) is 63.3 Å². The van der Waals surface area contributed by atoms with Crippen LogP contribution in [0.15, 0.2) is 30.6 Å². The molecule has 7 rings (SSSR count). The second kappa shape index (κ2) is 15.5. The zero-order valence-electron chi connectivity index (χ0n) is 30.2. The van der Waals surface area contributed by atoms with Gasteiger partial charge >= 0.3 is 35.7 Å². The summed E-state index contributed by atoms with van der Waals surface area (Å²) in [6.45, 7) is 5.86. The second-order valence-electron chi connectivity index (χ2n) is 14.5. The van der Waals surface area contributed by atoms with Crippen molar-refractivity contribution in [3.8, 4) is 22.8 Å². The van der Waals surface area contributed by atoms with E-state index in [4.69, 9.17) is 19.7 Å². The molecule has 2 saturated carbocycles. The number of carboxylic acids is 1. The third-order valence-corrected chi connectivity index (χ3v) is 10.5. The molecule has 52 heavy (non-hydrogen) atoms. The average molecular weight is 730 g/mol. The third kappa shape index (κ3) is 8.38. The van der Waals surface area contributed by atoms with E-state index in [0.717, 1.165) is 50.3 Å². The number of pyridine rings is 2. The largest absolute Gasteiger partial charge is 1.00 e. The van der Waals surface area contributed by atoms with Gasteiger partial charge in [-0.05, 0) is 57.2 Å². The van der Waals surface area contributed by atoms with Crippen molar-refractivity contribution in [3.05, 3.63) is 42.0 Å². The number of rotatable bonds is 12. The molecule has 12 nitrogen and oxygen atoms in total. The molecule has 0 aromatic carbocycles. The zero-order chi connectivity index (χ0) is 35.9. The summed E-state index contributed by atoms with van der Waals surface area (Å²) in [7, 11) is 3.71. The Morgan fingerprint density at radius 3 is 2.48 bits per heavy atom. The van der Waals surface area contributed by atoms with Gasteiger partial charge in [0.2, 0.25) is 0 Å². The summed E-state index contributed by atoms with van der Waals surface area (Å²) in [6, 6.07) is 4.78. The average Bonchev–Trinajstić information content (AvgIpc) is 3.71. The number of piperazine rings is 1. The number of aromatic nitrogens is 6. The van der Waals surface area contributed by atoms with E-state index in [0.29, 0.717) is 84.8 Å². The minimum Gasteiger partial charge on any atom is -0.550 e. The van der Waals surface area contributed by atoms with Gasteiger partial charge in [0.15, 0.2) is 11.5 Å². The number of fused-ring (bicyclic) bond motifs is 1. The van der Waals surface area contributed by atoms with Crippen molar-refractivity contribution in [2.45, 2.75) is 70.0 Å². The number of nitrogens with zero attached hydrogens (tertiary/aromatic N) is 8. The van der Waals surface area contributed by atoms with Crippen LogP contribution in [0.4, 0.5) is 24.7 Å². The Morgan fingerprint density at radius 1 is 1.08 bits per heavy atom. The maximum Gasteiger partial charge on any atom is 1.00 e. The fraction of sp³-hybridized carbons (Fsp3) is 0.556. The number of imidazole rings is 1. The fourth-order valence-electron chi connectivity index (χ4n) is 7.72. The molecule has 272 valence electrons. The molecule has 5 heterocycles. The van der Waals surface area contributed by atoms with Crippen LogP contribution in [0, 0.1) is 5.41 Å². The monoisotopic (exact) mass is 729 g/mol. The van der Waals surface area contributed by atoms with Crippen molar-refractivity contribution in [1.82, 2.24) is 34.8 Å². The van der Waals surface area contributed by atoms with E-state index in [1.165, 1.54) is 0 Å². The third-order valence-electron chi connectivity index (χ3n) is 10.5. The van der Waals surface area contributed by atoms with Gasteiger partial charge in [0.05, 0.1) is 30.4 Å². The van der Waals surface area contributed by atoms with Crippen molar-refractivity contribution < 1.29 is 57.4 Å². The van der Waals surface area contributed by atoms with Gasteiger partial charge in [-0.15, -0.1) is 0 Å². The number of carboxylic acid groups (broad SMARTS) is 1. The molecule has 0 unspecified atom stereocenters. The van der Waals surface area contributed by atoms with Gasteiger partial charge in [0.1, 0.15) is 22.7 Å². The predicted molar refractivity (Wildman–Crippen MR) is 184 cm³/mol. The summed E-state index contributed by atoms with van der Waals surface area (Å²) in [5.41, 5.74) is 2.50. The van der Waals surface area contributed by atoms with Gasteiger partial charge in [0, 0.05) is 81.5 Å². The van der Waals surface area contributed by atoms with E-state index >= 15 is 0 Å². The number of H-pyrrole nitrogens is 1. The van der Waals surface area contributed by atoms with Gasteiger partial charge in [0.25, 0.3) is 0 Å². The van der Waals surface area contributed by atoms with Crippen molar-refractivity contribution >= 4 is 28.6 Å². The molecule has 4 aromatic heterocycles. The van der Waals surface area contributed by atoms with E-state index in [1.807, 2.05) is 13.1 Å². The first-order valence-electron chi connectivity index (χ1n) is 17.6. The molecule has 3 fully saturated rings. The van der Waals surface area contributed by atoms with E-state index < -0.39 is 17.8 Å². The molecule has 2 aliphatic carbocycles. The van der Waals surface area contributed by atoms with Crippen LogP contribution in [0.5, 0.6) is 0 Å². The first kappa shape index (κ1) is 38.4. The number of carbonyl (C=O) groups is 1. The van der Waals surface area contributed by atoms with Gasteiger partial charge in [-0.25, -0.2) is 24.9 Å². The minimum absolute atomic E-state index is 0. The van der Waals surface area contributed by atoms with Gasteiger partial charge in [-0.1, -0.05) is 12.8 Å². The van der Waals surface area contributed by atoms with Crippen LogP contribution in [0.2, 0.25) is 0 Å². The number of aliphatic carboxylic acids is 1. The van der Waals surface area contributed by atoms with Crippen LogP contribution >= 0.6 is 0 Å². The SMILES string of the molecule is COCC1(CN(C)c2cc(-c3cc(C4CC4)nc(C(F)(F)F)c3)nc3nc(-c4cnc(N5CCN(CCC(=O)[O-])[C@@H](C)C5)cn4)[nH]c23)CCCC1.[Na+]. The molecule has 1 N–H and O–H groups in total. The van der Waals surface area contributed by atoms with Crippen molar-refractivity contribution in [2.24, 2.45) is 5.41 Å². The Balaban J connectivity index is 0.00000464. The predicted octanol–water partition coefficient (Wildman–Crippen LogP) is 1.67. The number of nitrogens with one attached hydrogen (secondary N) is 1. The maximum atomic E-state index is 14.0. The second-order valence-corrected chi connectivity index (χ2v) is 14.5.